The number of hydrogen-bond donors (Lipinski definition) is 1. The molecule has 0 spiro atoms. The van der Waals surface area contributed by atoms with E-state index in [9.17, 15) is 4.79 Å². The van der Waals surface area contributed by atoms with Crippen LogP contribution in [0.5, 0.6) is 0 Å². The number of piperidine rings is 1. The molecule has 1 aliphatic rings. The molecule has 1 atom stereocenters. The van der Waals surface area contributed by atoms with E-state index in [0.29, 0.717) is 11.8 Å². The van der Waals surface area contributed by atoms with E-state index in [4.69, 9.17) is 5.73 Å². The molecule has 1 unspecified atom stereocenters. The fourth-order valence-corrected chi connectivity index (χ4v) is 2.66. The van der Waals surface area contributed by atoms with Crippen molar-refractivity contribution >= 4 is 5.91 Å². The molecule has 0 radical (unpaired) electrons. The molecule has 2 N–H and O–H groups in total. The summed E-state index contributed by atoms with van der Waals surface area (Å²) in [5.41, 5.74) is 6.27. The van der Waals surface area contributed by atoms with Gasteiger partial charge in [-0.2, -0.15) is 0 Å². The fraction of sp³-hybridized carbons (Fsp3) is 0.933. The van der Waals surface area contributed by atoms with E-state index >= 15 is 0 Å². The van der Waals surface area contributed by atoms with Crippen LogP contribution in [0.25, 0.3) is 0 Å². The highest BCUT2D eigenvalue weighted by molar-refractivity contribution is 5.77. The second-order valence-corrected chi connectivity index (χ2v) is 7.36. The average molecular weight is 254 g/mol. The lowest BCUT2D eigenvalue weighted by atomic mass is 9.85. The van der Waals surface area contributed by atoms with Gasteiger partial charge in [-0.3, -0.25) is 4.79 Å². The molecule has 1 rings (SSSR count). The van der Waals surface area contributed by atoms with E-state index in [-0.39, 0.29) is 17.5 Å². The molecule has 3 nitrogen and oxygen atoms in total. The third-order valence-corrected chi connectivity index (χ3v) is 4.12. The lowest BCUT2D eigenvalue weighted by Crippen LogP contribution is -2.61. The zero-order chi connectivity index (χ0) is 14.0. The van der Waals surface area contributed by atoms with Gasteiger partial charge in [-0.05, 0) is 44.9 Å². The van der Waals surface area contributed by atoms with Crippen LogP contribution in [0.3, 0.4) is 0 Å². The molecule has 1 aliphatic heterocycles. The largest absolute Gasteiger partial charge is 0.336 e. The number of hydrogen-bond acceptors (Lipinski definition) is 2. The highest BCUT2D eigenvalue weighted by Crippen LogP contribution is 2.28. The van der Waals surface area contributed by atoms with E-state index in [1.807, 2.05) is 4.90 Å². The first-order valence-corrected chi connectivity index (χ1v) is 7.20. The molecule has 1 amide bonds. The number of amides is 1. The Morgan fingerprint density at radius 2 is 2.00 bits per heavy atom. The molecule has 1 fully saturated rings. The molecule has 106 valence electrons. The molecule has 0 saturated carbocycles. The lowest BCUT2D eigenvalue weighted by Gasteiger charge is -2.46. The van der Waals surface area contributed by atoms with Crippen molar-refractivity contribution in [2.75, 3.05) is 6.54 Å². The Kier molecular flexibility index (Phi) is 4.82. The Balaban J connectivity index is 2.50. The van der Waals surface area contributed by atoms with Crippen LogP contribution >= 0.6 is 0 Å². The van der Waals surface area contributed by atoms with Crippen molar-refractivity contribution in [1.29, 1.82) is 0 Å². The second kappa shape index (κ2) is 5.60. The molecule has 0 aromatic carbocycles. The summed E-state index contributed by atoms with van der Waals surface area (Å²) in [7, 11) is 0. The predicted molar refractivity (Wildman–Crippen MR) is 76.3 cm³/mol. The number of nitrogens with two attached hydrogens (primary N) is 1. The van der Waals surface area contributed by atoms with Gasteiger partial charge in [0.2, 0.25) is 5.91 Å². The summed E-state index contributed by atoms with van der Waals surface area (Å²) in [6.07, 6.45) is 4.80. The summed E-state index contributed by atoms with van der Waals surface area (Å²) in [5, 5.41) is 0. The van der Waals surface area contributed by atoms with E-state index in [0.717, 1.165) is 32.2 Å². The Labute approximate surface area is 112 Å². The van der Waals surface area contributed by atoms with Crippen molar-refractivity contribution in [3.05, 3.63) is 0 Å². The first-order chi connectivity index (χ1) is 8.14. The van der Waals surface area contributed by atoms with Gasteiger partial charge in [0.05, 0.1) is 5.54 Å². The van der Waals surface area contributed by atoms with Gasteiger partial charge < -0.3 is 10.6 Å². The van der Waals surface area contributed by atoms with Gasteiger partial charge in [0.1, 0.15) is 0 Å². The molecule has 0 aromatic heterocycles. The van der Waals surface area contributed by atoms with E-state index in [2.05, 4.69) is 34.6 Å². The maximum atomic E-state index is 12.3. The van der Waals surface area contributed by atoms with Crippen molar-refractivity contribution in [2.24, 2.45) is 11.1 Å². The van der Waals surface area contributed by atoms with Crippen molar-refractivity contribution in [3.63, 3.8) is 0 Å². The molecule has 1 saturated heterocycles. The molecular weight excluding hydrogens is 224 g/mol. The predicted octanol–water partition coefficient (Wildman–Crippen LogP) is 2.93. The summed E-state index contributed by atoms with van der Waals surface area (Å²) in [5.74, 6) is 0.277. The van der Waals surface area contributed by atoms with Crippen molar-refractivity contribution in [1.82, 2.24) is 4.90 Å². The summed E-state index contributed by atoms with van der Waals surface area (Å²) in [6, 6.07) is 0.109. The average Bonchev–Trinajstić information content (AvgIpc) is 2.19. The van der Waals surface area contributed by atoms with Crippen LogP contribution in [-0.2, 0) is 4.79 Å². The summed E-state index contributed by atoms with van der Waals surface area (Å²) >= 11 is 0. The molecule has 18 heavy (non-hydrogen) atoms. The second-order valence-electron chi connectivity index (χ2n) is 7.36. The number of nitrogens with zero attached hydrogens (tertiary/aromatic N) is 1. The third kappa shape index (κ3) is 3.98. The first kappa shape index (κ1) is 15.5. The van der Waals surface area contributed by atoms with Crippen molar-refractivity contribution in [2.45, 2.75) is 78.3 Å². The van der Waals surface area contributed by atoms with Gasteiger partial charge in [0.15, 0.2) is 0 Å². The maximum absolute atomic E-state index is 12.3. The van der Waals surface area contributed by atoms with Crippen LogP contribution in [0.4, 0.5) is 0 Å². The normalized spacial score (nSPS) is 24.1. The quantitative estimate of drug-likeness (QED) is 0.841. The topological polar surface area (TPSA) is 46.3 Å². The minimum Gasteiger partial charge on any atom is -0.336 e. The molecule has 0 aliphatic carbocycles. The van der Waals surface area contributed by atoms with E-state index < -0.39 is 0 Å². The Morgan fingerprint density at radius 1 is 1.39 bits per heavy atom. The minimum absolute atomic E-state index is 0.109. The van der Waals surface area contributed by atoms with Gasteiger partial charge >= 0.3 is 0 Å². The minimum atomic E-state index is -0.183. The van der Waals surface area contributed by atoms with Crippen LogP contribution in [-0.4, -0.2) is 28.9 Å². The third-order valence-electron chi connectivity index (χ3n) is 4.12. The molecule has 0 aromatic rings. The van der Waals surface area contributed by atoms with Crippen LogP contribution in [0.15, 0.2) is 0 Å². The molecule has 3 heteroatoms. The smallest absolute Gasteiger partial charge is 0.223 e. The maximum Gasteiger partial charge on any atom is 0.223 e. The Bertz CT molecular complexity index is 291. The number of carbonyl (C=O) groups excluding carboxylic acids is 1. The van der Waals surface area contributed by atoms with Crippen LogP contribution in [0, 0.1) is 5.41 Å². The molecule has 0 bridgehead atoms. The zero-order valence-electron chi connectivity index (χ0n) is 12.8. The lowest BCUT2D eigenvalue weighted by molar-refractivity contribution is -0.139. The van der Waals surface area contributed by atoms with Gasteiger partial charge in [0.25, 0.3) is 0 Å². The monoisotopic (exact) mass is 254 g/mol. The highest BCUT2D eigenvalue weighted by Gasteiger charge is 2.38. The number of carbonyl (C=O) groups is 1. The number of likely N-dealkylation sites (tertiary alicyclic amines) is 1. The van der Waals surface area contributed by atoms with Gasteiger partial charge in [0, 0.05) is 19.0 Å². The van der Waals surface area contributed by atoms with E-state index in [1.54, 1.807) is 0 Å². The molecular formula is C15H30N2O. The van der Waals surface area contributed by atoms with Gasteiger partial charge in [-0.25, -0.2) is 0 Å². The van der Waals surface area contributed by atoms with E-state index in [1.165, 1.54) is 0 Å². The summed E-state index contributed by atoms with van der Waals surface area (Å²) in [6.45, 7) is 11.7. The Hall–Kier alpha value is -0.570. The van der Waals surface area contributed by atoms with Crippen LogP contribution in [0.2, 0.25) is 0 Å². The van der Waals surface area contributed by atoms with Crippen molar-refractivity contribution in [3.8, 4) is 0 Å². The van der Waals surface area contributed by atoms with Gasteiger partial charge in [-0.15, -0.1) is 0 Å². The number of rotatable bonds is 3. The molecule has 1 heterocycles. The summed E-state index contributed by atoms with van der Waals surface area (Å²) < 4.78 is 0. The fourth-order valence-electron chi connectivity index (χ4n) is 2.66. The van der Waals surface area contributed by atoms with Crippen molar-refractivity contribution < 1.29 is 4.79 Å². The van der Waals surface area contributed by atoms with Crippen LogP contribution in [0.1, 0.15) is 66.7 Å². The SMILES string of the molecule is CC(C)(C)CCCC(=O)N1CCCC(N)C1(C)C. The highest BCUT2D eigenvalue weighted by atomic mass is 16.2. The van der Waals surface area contributed by atoms with Crippen LogP contribution < -0.4 is 5.73 Å². The first-order valence-electron chi connectivity index (χ1n) is 7.20. The Morgan fingerprint density at radius 3 is 2.56 bits per heavy atom. The standard InChI is InChI=1S/C15H30N2O/c1-14(2,3)10-6-9-13(18)17-11-7-8-12(16)15(17,4)5/h12H,6-11,16H2,1-5H3. The zero-order valence-corrected chi connectivity index (χ0v) is 12.8. The van der Waals surface area contributed by atoms with Gasteiger partial charge in [-0.1, -0.05) is 20.8 Å². The summed E-state index contributed by atoms with van der Waals surface area (Å²) in [4.78, 5) is 14.3.